The number of hydrogen-bond acceptors (Lipinski definition) is 6. The van der Waals surface area contributed by atoms with Crippen LogP contribution < -0.4 is 5.32 Å². The third-order valence-corrected chi connectivity index (χ3v) is 2.24. The summed E-state index contributed by atoms with van der Waals surface area (Å²) in [5.41, 5.74) is -0.239. The molecule has 0 amide bonds. The second-order valence-electron chi connectivity index (χ2n) is 3.29. The molecule has 2 rings (SSSR count). The summed E-state index contributed by atoms with van der Waals surface area (Å²) in [4.78, 5) is 18.2. The highest BCUT2D eigenvalue weighted by Gasteiger charge is 2.19. The van der Waals surface area contributed by atoms with E-state index in [0.717, 1.165) is 6.20 Å². The molecule has 2 aromatic heterocycles. The van der Waals surface area contributed by atoms with E-state index in [2.05, 4.69) is 20.4 Å². The zero-order valence-corrected chi connectivity index (χ0v) is 10.1. The molecule has 2 aromatic rings. The smallest absolute Gasteiger partial charge is 0.332 e. The standard InChI is InChI=1S/C9H9ClN6O2/c1-2-11-9-12-4-7(16(17)18)8(14-9)15-5-6(10)3-13-15/h3-5H,2H2,1H3,(H,11,12,14). The Labute approximate surface area is 107 Å². The Bertz CT molecular complexity index is 584. The van der Waals surface area contributed by atoms with Gasteiger partial charge in [-0.25, -0.2) is 9.67 Å². The lowest BCUT2D eigenvalue weighted by molar-refractivity contribution is -0.385. The van der Waals surface area contributed by atoms with E-state index in [1.807, 2.05) is 6.92 Å². The summed E-state index contributed by atoms with van der Waals surface area (Å²) in [6.07, 6.45) is 3.95. The van der Waals surface area contributed by atoms with Gasteiger partial charge in [0, 0.05) is 6.54 Å². The summed E-state index contributed by atoms with van der Waals surface area (Å²) in [7, 11) is 0. The molecule has 0 aromatic carbocycles. The Morgan fingerprint density at radius 3 is 2.89 bits per heavy atom. The maximum Gasteiger partial charge on any atom is 0.332 e. The van der Waals surface area contributed by atoms with Gasteiger partial charge in [-0.1, -0.05) is 11.6 Å². The van der Waals surface area contributed by atoms with E-state index in [4.69, 9.17) is 11.6 Å². The van der Waals surface area contributed by atoms with Gasteiger partial charge in [-0.2, -0.15) is 10.1 Å². The third-order valence-electron chi connectivity index (χ3n) is 2.05. The summed E-state index contributed by atoms with van der Waals surface area (Å²) in [6.45, 7) is 2.48. The normalized spacial score (nSPS) is 10.3. The van der Waals surface area contributed by atoms with Gasteiger partial charge < -0.3 is 5.32 Å². The van der Waals surface area contributed by atoms with Crippen LogP contribution >= 0.6 is 11.6 Å². The molecule has 0 saturated heterocycles. The fourth-order valence-corrected chi connectivity index (χ4v) is 1.46. The van der Waals surface area contributed by atoms with E-state index in [1.54, 1.807) is 0 Å². The summed E-state index contributed by atoms with van der Waals surface area (Å²) < 4.78 is 1.24. The minimum absolute atomic E-state index is 0.0675. The van der Waals surface area contributed by atoms with E-state index < -0.39 is 4.92 Å². The maximum absolute atomic E-state index is 10.9. The molecular weight excluding hydrogens is 260 g/mol. The minimum atomic E-state index is -0.569. The molecule has 0 atom stereocenters. The van der Waals surface area contributed by atoms with Crippen molar-refractivity contribution in [2.75, 3.05) is 11.9 Å². The molecule has 0 fully saturated rings. The molecule has 18 heavy (non-hydrogen) atoms. The number of nitrogens with zero attached hydrogens (tertiary/aromatic N) is 5. The van der Waals surface area contributed by atoms with Crippen LogP contribution in [0, 0.1) is 10.1 Å². The zero-order valence-electron chi connectivity index (χ0n) is 9.37. The Balaban J connectivity index is 2.53. The second-order valence-corrected chi connectivity index (χ2v) is 3.73. The lowest BCUT2D eigenvalue weighted by Gasteiger charge is -2.05. The highest BCUT2D eigenvalue weighted by Crippen LogP contribution is 2.21. The van der Waals surface area contributed by atoms with Crippen LogP contribution in [0.2, 0.25) is 5.02 Å². The highest BCUT2D eigenvalue weighted by atomic mass is 35.5. The largest absolute Gasteiger partial charge is 0.354 e. The van der Waals surface area contributed by atoms with Crippen molar-refractivity contribution in [3.05, 3.63) is 33.7 Å². The minimum Gasteiger partial charge on any atom is -0.354 e. The molecule has 0 aliphatic carbocycles. The Morgan fingerprint density at radius 1 is 1.56 bits per heavy atom. The molecule has 1 N–H and O–H groups in total. The Kier molecular flexibility index (Phi) is 3.38. The number of aromatic nitrogens is 4. The van der Waals surface area contributed by atoms with Crippen molar-refractivity contribution >= 4 is 23.2 Å². The van der Waals surface area contributed by atoms with E-state index in [9.17, 15) is 10.1 Å². The first-order valence-corrected chi connectivity index (χ1v) is 5.45. The number of halogens is 1. The van der Waals surface area contributed by atoms with Crippen LogP contribution in [0.25, 0.3) is 5.82 Å². The van der Waals surface area contributed by atoms with Gasteiger partial charge >= 0.3 is 5.69 Å². The van der Waals surface area contributed by atoms with Gasteiger partial charge in [0.05, 0.1) is 22.3 Å². The number of hydrogen-bond donors (Lipinski definition) is 1. The third kappa shape index (κ3) is 2.38. The predicted octanol–water partition coefficient (Wildman–Crippen LogP) is 1.66. The van der Waals surface area contributed by atoms with Crippen molar-refractivity contribution < 1.29 is 4.92 Å². The van der Waals surface area contributed by atoms with Crippen LogP contribution in [0.4, 0.5) is 11.6 Å². The zero-order chi connectivity index (χ0) is 13.1. The van der Waals surface area contributed by atoms with Gasteiger partial charge in [0.1, 0.15) is 6.20 Å². The van der Waals surface area contributed by atoms with E-state index in [0.29, 0.717) is 17.5 Å². The van der Waals surface area contributed by atoms with Crippen LogP contribution in [0.15, 0.2) is 18.6 Å². The fraction of sp³-hybridized carbons (Fsp3) is 0.222. The average Bonchev–Trinajstić information content (AvgIpc) is 2.76. The topological polar surface area (TPSA) is 98.8 Å². The summed E-state index contributed by atoms with van der Waals surface area (Å²) in [5, 5.41) is 18.0. The van der Waals surface area contributed by atoms with E-state index in [-0.39, 0.29) is 11.5 Å². The summed E-state index contributed by atoms with van der Waals surface area (Å²) >= 11 is 5.73. The van der Waals surface area contributed by atoms with Crippen LogP contribution in [0.1, 0.15) is 6.92 Å². The molecule has 9 heteroatoms. The first-order chi connectivity index (χ1) is 8.61. The Hall–Kier alpha value is -2.22. The molecule has 94 valence electrons. The number of rotatable bonds is 4. The van der Waals surface area contributed by atoms with Crippen LogP contribution in [0.3, 0.4) is 0 Å². The molecule has 0 bridgehead atoms. The van der Waals surface area contributed by atoms with Crippen molar-refractivity contribution in [1.29, 1.82) is 0 Å². The maximum atomic E-state index is 10.9. The fourth-order valence-electron chi connectivity index (χ4n) is 1.32. The van der Waals surface area contributed by atoms with Crippen molar-refractivity contribution in [2.24, 2.45) is 0 Å². The lowest BCUT2D eigenvalue weighted by Crippen LogP contribution is -2.09. The van der Waals surface area contributed by atoms with Crippen molar-refractivity contribution in [1.82, 2.24) is 19.7 Å². The molecule has 0 spiro atoms. The first-order valence-electron chi connectivity index (χ1n) is 5.07. The van der Waals surface area contributed by atoms with Gasteiger partial charge in [0.15, 0.2) is 0 Å². The van der Waals surface area contributed by atoms with Crippen LogP contribution in [-0.2, 0) is 0 Å². The van der Waals surface area contributed by atoms with Gasteiger partial charge in [-0.3, -0.25) is 10.1 Å². The highest BCUT2D eigenvalue weighted by molar-refractivity contribution is 6.30. The molecule has 2 heterocycles. The monoisotopic (exact) mass is 268 g/mol. The van der Waals surface area contributed by atoms with Crippen molar-refractivity contribution in [2.45, 2.75) is 6.92 Å². The molecule has 0 aliphatic heterocycles. The first kappa shape index (κ1) is 12.2. The lowest BCUT2D eigenvalue weighted by atomic mass is 10.5. The molecule has 0 radical (unpaired) electrons. The number of nitrogens with one attached hydrogen (secondary N) is 1. The van der Waals surface area contributed by atoms with Crippen molar-refractivity contribution in [3.8, 4) is 5.82 Å². The van der Waals surface area contributed by atoms with Gasteiger partial charge in [-0.15, -0.1) is 0 Å². The van der Waals surface area contributed by atoms with Crippen LogP contribution in [0.5, 0.6) is 0 Å². The van der Waals surface area contributed by atoms with Gasteiger partial charge in [0.25, 0.3) is 0 Å². The summed E-state index contributed by atoms with van der Waals surface area (Å²) in [6, 6.07) is 0. The van der Waals surface area contributed by atoms with E-state index in [1.165, 1.54) is 17.1 Å². The molecular formula is C9H9ClN6O2. The van der Waals surface area contributed by atoms with Crippen molar-refractivity contribution in [3.63, 3.8) is 0 Å². The number of anilines is 1. The SMILES string of the molecule is CCNc1ncc([N+](=O)[O-])c(-n2cc(Cl)cn2)n1. The molecule has 8 nitrogen and oxygen atoms in total. The van der Waals surface area contributed by atoms with Gasteiger partial charge in [0.2, 0.25) is 11.8 Å². The second kappa shape index (κ2) is 4.96. The van der Waals surface area contributed by atoms with Gasteiger partial charge in [-0.05, 0) is 6.92 Å². The average molecular weight is 269 g/mol. The quantitative estimate of drug-likeness (QED) is 0.669. The Morgan fingerprint density at radius 2 is 2.33 bits per heavy atom. The summed E-state index contributed by atoms with van der Waals surface area (Å²) in [5.74, 6) is 0.363. The molecule has 0 unspecified atom stereocenters. The molecule has 0 saturated carbocycles. The molecule has 0 aliphatic rings. The van der Waals surface area contributed by atoms with E-state index >= 15 is 0 Å². The van der Waals surface area contributed by atoms with Crippen LogP contribution in [-0.4, -0.2) is 31.2 Å². The number of nitro groups is 1. The predicted molar refractivity (Wildman–Crippen MR) is 65.0 cm³/mol.